The number of carbonyl (C=O) groups is 1. The molecule has 0 saturated carbocycles. The number of halogens is 1. The SMILES string of the molecule is CC(C)(C(N)=O)c1nc(Br)cs1. The fourth-order valence-corrected chi connectivity index (χ4v) is 2.03. The minimum absolute atomic E-state index is 0.357. The molecule has 3 nitrogen and oxygen atoms in total. The lowest BCUT2D eigenvalue weighted by Gasteiger charge is -2.16. The molecule has 0 unspecified atom stereocenters. The number of primary amides is 1. The number of nitrogens with two attached hydrogens (primary N) is 1. The van der Waals surface area contributed by atoms with Crippen molar-refractivity contribution in [1.82, 2.24) is 4.98 Å². The molecule has 1 rings (SSSR count). The summed E-state index contributed by atoms with van der Waals surface area (Å²) in [6.45, 7) is 3.53. The Hall–Kier alpha value is -0.420. The van der Waals surface area contributed by atoms with Gasteiger partial charge in [0.15, 0.2) is 0 Å². The van der Waals surface area contributed by atoms with Gasteiger partial charge in [-0.05, 0) is 29.8 Å². The van der Waals surface area contributed by atoms with Crippen LogP contribution in [-0.4, -0.2) is 10.9 Å². The number of thiazole rings is 1. The van der Waals surface area contributed by atoms with Crippen molar-refractivity contribution in [2.24, 2.45) is 5.73 Å². The van der Waals surface area contributed by atoms with E-state index in [2.05, 4.69) is 20.9 Å². The first kappa shape index (κ1) is 9.67. The van der Waals surface area contributed by atoms with Crippen molar-refractivity contribution in [3.8, 4) is 0 Å². The predicted octanol–water partition coefficient (Wildman–Crippen LogP) is 1.67. The molecule has 1 aromatic heterocycles. The third-order valence-electron chi connectivity index (χ3n) is 1.63. The van der Waals surface area contributed by atoms with E-state index in [1.54, 1.807) is 13.8 Å². The normalized spacial score (nSPS) is 11.6. The van der Waals surface area contributed by atoms with Gasteiger partial charge in [0.05, 0.1) is 5.41 Å². The van der Waals surface area contributed by atoms with Gasteiger partial charge in [0.1, 0.15) is 9.61 Å². The molecule has 0 bridgehead atoms. The Morgan fingerprint density at radius 1 is 1.75 bits per heavy atom. The van der Waals surface area contributed by atoms with Crippen LogP contribution in [0.4, 0.5) is 0 Å². The summed E-state index contributed by atoms with van der Waals surface area (Å²) in [5.74, 6) is -0.357. The van der Waals surface area contributed by atoms with E-state index in [0.717, 1.165) is 9.61 Å². The summed E-state index contributed by atoms with van der Waals surface area (Å²) in [5.41, 5.74) is 4.55. The van der Waals surface area contributed by atoms with Crippen molar-refractivity contribution < 1.29 is 4.79 Å². The number of hydrogen-bond donors (Lipinski definition) is 1. The summed E-state index contributed by atoms with van der Waals surface area (Å²) in [6.07, 6.45) is 0. The summed E-state index contributed by atoms with van der Waals surface area (Å²) >= 11 is 4.65. The molecule has 12 heavy (non-hydrogen) atoms. The monoisotopic (exact) mass is 248 g/mol. The average molecular weight is 249 g/mol. The van der Waals surface area contributed by atoms with Gasteiger partial charge < -0.3 is 5.73 Å². The summed E-state index contributed by atoms with van der Waals surface area (Å²) in [7, 11) is 0. The molecule has 5 heteroatoms. The van der Waals surface area contributed by atoms with Crippen molar-refractivity contribution in [2.75, 3.05) is 0 Å². The highest BCUT2D eigenvalue weighted by Crippen LogP contribution is 2.27. The van der Waals surface area contributed by atoms with Gasteiger partial charge in [-0.3, -0.25) is 4.79 Å². The largest absolute Gasteiger partial charge is 0.369 e. The molecule has 0 fully saturated rings. The maximum Gasteiger partial charge on any atom is 0.229 e. The number of carbonyl (C=O) groups excluding carboxylic acids is 1. The fourth-order valence-electron chi connectivity index (χ4n) is 0.647. The van der Waals surface area contributed by atoms with Crippen LogP contribution in [0, 0.1) is 0 Å². The van der Waals surface area contributed by atoms with Crippen molar-refractivity contribution >= 4 is 33.2 Å². The average Bonchev–Trinajstić information content (AvgIpc) is 2.35. The maximum atomic E-state index is 11.0. The lowest BCUT2D eigenvalue weighted by Crippen LogP contribution is -2.35. The third kappa shape index (κ3) is 1.67. The molecule has 1 aromatic rings. The van der Waals surface area contributed by atoms with E-state index in [0.29, 0.717) is 0 Å². The molecule has 66 valence electrons. The second-order valence-corrected chi connectivity index (χ2v) is 4.64. The number of nitrogens with zero attached hydrogens (tertiary/aromatic N) is 1. The van der Waals surface area contributed by atoms with Gasteiger partial charge >= 0.3 is 0 Å². The van der Waals surface area contributed by atoms with Crippen molar-refractivity contribution in [1.29, 1.82) is 0 Å². The van der Waals surface area contributed by atoms with Crippen LogP contribution in [0.2, 0.25) is 0 Å². The zero-order valence-electron chi connectivity index (χ0n) is 6.80. The van der Waals surface area contributed by atoms with E-state index in [4.69, 9.17) is 5.73 Å². The maximum absolute atomic E-state index is 11.0. The molecule has 0 radical (unpaired) electrons. The van der Waals surface area contributed by atoms with Crippen LogP contribution in [0.25, 0.3) is 0 Å². The molecule has 0 atom stereocenters. The summed E-state index contributed by atoms with van der Waals surface area (Å²) in [5, 5.41) is 2.57. The first-order valence-corrected chi connectivity index (χ1v) is 5.03. The van der Waals surface area contributed by atoms with Gasteiger partial charge in [-0.2, -0.15) is 0 Å². The van der Waals surface area contributed by atoms with Crippen LogP contribution in [0.5, 0.6) is 0 Å². The lowest BCUT2D eigenvalue weighted by atomic mass is 9.94. The highest BCUT2D eigenvalue weighted by molar-refractivity contribution is 9.10. The Morgan fingerprint density at radius 3 is 2.67 bits per heavy atom. The van der Waals surface area contributed by atoms with Gasteiger partial charge in [-0.15, -0.1) is 11.3 Å². The quantitative estimate of drug-likeness (QED) is 0.866. The van der Waals surface area contributed by atoms with E-state index in [-0.39, 0.29) is 5.91 Å². The van der Waals surface area contributed by atoms with E-state index in [1.807, 2.05) is 5.38 Å². The summed E-state index contributed by atoms with van der Waals surface area (Å²) < 4.78 is 0.747. The predicted molar refractivity (Wildman–Crippen MR) is 52.0 cm³/mol. The van der Waals surface area contributed by atoms with E-state index in [9.17, 15) is 4.79 Å². The van der Waals surface area contributed by atoms with Crippen molar-refractivity contribution in [3.05, 3.63) is 15.0 Å². The highest BCUT2D eigenvalue weighted by Gasteiger charge is 2.30. The zero-order chi connectivity index (χ0) is 9.35. The van der Waals surface area contributed by atoms with Gasteiger partial charge in [0, 0.05) is 5.38 Å². The Balaban J connectivity index is 3.05. The highest BCUT2D eigenvalue weighted by atomic mass is 79.9. The fraction of sp³-hybridized carbons (Fsp3) is 0.429. The van der Waals surface area contributed by atoms with Crippen molar-refractivity contribution in [3.63, 3.8) is 0 Å². The molecular formula is C7H9BrN2OS. The Bertz CT molecular complexity index is 308. The van der Waals surface area contributed by atoms with Crippen LogP contribution in [-0.2, 0) is 10.2 Å². The molecule has 0 aliphatic carbocycles. The molecule has 0 aromatic carbocycles. The van der Waals surface area contributed by atoms with Crippen LogP contribution in [0.1, 0.15) is 18.9 Å². The zero-order valence-corrected chi connectivity index (χ0v) is 9.20. The van der Waals surface area contributed by atoms with Crippen LogP contribution >= 0.6 is 27.3 Å². The summed E-state index contributed by atoms with van der Waals surface area (Å²) in [6, 6.07) is 0. The molecular weight excluding hydrogens is 240 g/mol. The van der Waals surface area contributed by atoms with Crippen LogP contribution in [0.3, 0.4) is 0 Å². The summed E-state index contributed by atoms with van der Waals surface area (Å²) in [4.78, 5) is 15.1. The van der Waals surface area contributed by atoms with Crippen LogP contribution in [0.15, 0.2) is 9.98 Å². The molecule has 2 N–H and O–H groups in total. The first-order valence-electron chi connectivity index (χ1n) is 3.36. The Morgan fingerprint density at radius 2 is 2.33 bits per heavy atom. The van der Waals surface area contributed by atoms with Crippen LogP contribution < -0.4 is 5.73 Å². The van der Waals surface area contributed by atoms with E-state index < -0.39 is 5.41 Å². The van der Waals surface area contributed by atoms with Gasteiger partial charge in [0.25, 0.3) is 0 Å². The lowest BCUT2D eigenvalue weighted by molar-refractivity contribution is -0.122. The minimum atomic E-state index is -0.670. The number of rotatable bonds is 2. The molecule has 1 amide bonds. The molecule has 1 heterocycles. The smallest absolute Gasteiger partial charge is 0.229 e. The second kappa shape index (κ2) is 3.14. The molecule has 0 aliphatic rings. The standard InChI is InChI=1S/C7H9BrN2OS/c1-7(2,5(9)11)6-10-4(8)3-12-6/h3H,1-2H3,(H2,9,11). The minimum Gasteiger partial charge on any atom is -0.369 e. The Labute approximate surface area is 83.1 Å². The third-order valence-corrected chi connectivity index (χ3v) is 3.50. The Kier molecular flexibility index (Phi) is 2.53. The van der Waals surface area contributed by atoms with E-state index in [1.165, 1.54) is 11.3 Å². The number of hydrogen-bond acceptors (Lipinski definition) is 3. The second-order valence-electron chi connectivity index (χ2n) is 2.96. The van der Waals surface area contributed by atoms with Crippen molar-refractivity contribution in [2.45, 2.75) is 19.3 Å². The van der Waals surface area contributed by atoms with Gasteiger partial charge in [0.2, 0.25) is 5.91 Å². The molecule has 0 spiro atoms. The molecule has 0 aliphatic heterocycles. The van der Waals surface area contributed by atoms with E-state index >= 15 is 0 Å². The molecule has 0 saturated heterocycles. The first-order chi connectivity index (χ1) is 5.44. The topological polar surface area (TPSA) is 56.0 Å². The van der Waals surface area contributed by atoms with Gasteiger partial charge in [-0.25, -0.2) is 4.98 Å². The number of aromatic nitrogens is 1. The number of amides is 1. The van der Waals surface area contributed by atoms with Gasteiger partial charge in [-0.1, -0.05) is 0 Å².